The number of carbonyl (C=O) groups is 3. The Morgan fingerprint density at radius 3 is 2.31 bits per heavy atom. The molecule has 4 unspecified atom stereocenters. The van der Waals surface area contributed by atoms with E-state index in [-0.39, 0.29) is 35.5 Å². The third-order valence-corrected chi connectivity index (χ3v) is 6.22. The first-order valence-electron chi connectivity index (χ1n) is 11.9. The Hall–Kier alpha value is -2.04. The van der Waals surface area contributed by atoms with Crippen molar-refractivity contribution in [2.45, 2.75) is 92.2 Å². The minimum atomic E-state index is -0.621. The highest BCUT2D eigenvalue weighted by Gasteiger charge is 2.43. The van der Waals surface area contributed by atoms with Gasteiger partial charge in [0.05, 0.1) is 19.3 Å². The van der Waals surface area contributed by atoms with E-state index in [0.717, 1.165) is 24.0 Å². The van der Waals surface area contributed by atoms with Gasteiger partial charge < -0.3 is 10.2 Å². The standard InChI is InChI=1S/C22H30N2O3.C2H6.CH3B2/c1-13(2)14(3)21(26)23-18-12-16-8-5-6-9-17(16)20-11-7-10-19(15(4)25)24(20)22(18)27;1-2;1-3-2/h5-6,8-9,13-14,18-20H,7,10-12H2,1-4H3,(H,23,26);1-2H3;1H3. The maximum Gasteiger partial charge on any atom is 0.246 e. The minimum Gasteiger partial charge on any atom is -0.344 e. The Bertz CT molecular complexity index is 769. The minimum absolute atomic E-state index is 0.0213. The molecule has 0 spiro atoms. The van der Waals surface area contributed by atoms with Crippen molar-refractivity contribution in [2.24, 2.45) is 11.8 Å². The molecular formula is C25H39B2N2O3. The number of amides is 2. The SMILES string of the molecule is CC.CC(=O)C1CCCC2c3ccccc3CC(NC(=O)C(C)C(C)C)C(=O)N12.[B][B]C. The van der Waals surface area contributed by atoms with E-state index < -0.39 is 12.1 Å². The van der Waals surface area contributed by atoms with Crippen LogP contribution in [0.1, 0.15) is 78.0 Å². The van der Waals surface area contributed by atoms with E-state index in [4.69, 9.17) is 7.74 Å². The lowest BCUT2D eigenvalue weighted by Gasteiger charge is -2.41. The van der Waals surface area contributed by atoms with Gasteiger partial charge in [-0.1, -0.05) is 58.9 Å². The molecule has 2 amide bonds. The molecule has 0 aromatic heterocycles. The van der Waals surface area contributed by atoms with Crippen LogP contribution in [-0.2, 0) is 20.8 Å². The predicted molar refractivity (Wildman–Crippen MR) is 133 cm³/mol. The summed E-state index contributed by atoms with van der Waals surface area (Å²) < 4.78 is 0. The normalized spacial score (nSPS) is 22.6. The Balaban J connectivity index is 0.000000944. The Morgan fingerprint density at radius 2 is 1.75 bits per heavy atom. The van der Waals surface area contributed by atoms with E-state index in [1.807, 2.05) is 52.8 Å². The van der Waals surface area contributed by atoms with Crippen LogP contribution in [0.25, 0.3) is 0 Å². The summed E-state index contributed by atoms with van der Waals surface area (Å²) in [5.74, 6) is -0.174. The second-order valence-corrected chi connectivity index (χ2v) is 8.65. The number of nitrogens with zero attached hydrogens (tertiary/aromatic N) is 1. The van der Waals surface area contributed by atoms with E-state index in [0.29, 0.717) is 12.8 Å². The summed E-state index contributed by atoms with van der Waals surface area (Å²) >= 11 is 0. The molecule has 5 nitrogen and oxygen atoms in total. The quantitative estimate of drug-likeness (QED) is 0.728. The summed E-state index contributed by atoms with van der Waals surface area (Å²) in [6.07, 6.45) is 2.95. The van der Waals surface area contributed by atoms with Gasteiger partial charge in [0, 0.05) is 20.1 Å². The molecule has 1 aromatic rings. The molecule has 2 aliphatic heterocycles. The van der Waals surface area contributed by atoms with Gasteiger partial charge in [0.25, 0.3) is 0 Å². The van der Waals surface area contributed by atoms with Crippen molar-refractivity contribution in [3.63, 3.8) is 0 Å². The van der Waals surface area contributed by atoms with Gasteiger partial charge in [0.2, 0.25) is 11.8 Å². The lowest BCUT2D eigenvalue weighted by molar-refractivity contribution is -0.147. The highest BCUT2D eigenvalue weighted by atomic mass is 16.2. The van der Waals surface area contributed by atoms with Crippen LogP contribution in [0.5, 0.6) is 0 Å². The second-order valence-electron chi connectivity index (χ2n) is 8.65. The fraction of sp³-hybridized carbons (Fsp3) is 0.640. The number of ketones is 1. The molecule has 1 N–H and O–H groups in total. The van der Waals surface area contributed by atoms with Crippen molar-refractivity contribution in [1.29, 1.82) is 0 Å². The third kappa shape index (κ3) is 6.73. The van der Waals surface area contributed by atoms with Crippen LogP contribution in [0.15, 0.2) is 24.3 Å². The monoisotopic (exact) mass is 437 g/mol. The lowest BCUT2D eigenvalue weighted by Crippen LogP contribution is -2.56. The summed E-state index contributed by atoms with van der Waals surface area (Å²) in [5.41, 5.74) is 2.20. The third-order valence-electron chi connectivity index (χ3n) is 6.22. The number of hydrogen-bond acceptors (Lipinski definition) is 3. The van der Waals surface area contributed by atoms with Gasteiger partial charge in [-0.2, -0.15) is 0 Å². The molecule has 2 aliphatic rings. The van der Waals surface area contributed by atoms with Crippen LogP contribution < -0.4 is 5.32 Å². The molecular weight excluding hydrogens is 398 g/mol. The van der Waals surface area contributed by atoms with Crippen LogP contribution in [-0.4, -0.2) is 49.5 Å². The average molecular weight is 437 g/mol. The summed E-state index contributed by atoms with van der Waals surface area (Å²) in [4.78, 5) is 40.1. The molecule has 3 rings (SSSR count). The Morgan fingerprint density at radius 1 is 1.16 bits per heavy atom. The van der Waals surface area contributed by atoms with Crippen LogP contribution >= 0.6 is 0 Å². The first-order valence-corrected chi connectivity index (χ1v) is 11.9. The molecule has 1 fully saturated rings. The summed E-state index contributed by atoms with van der Waals surface area (Å²) in [6.45, 7) is 13.2. The first kappa shape index (κ1) is 28.0. The van der Waals surface area contributed by atoms with Gasteiger partial charge >= 0.3 is 0 Å². The molecule has 1 aromatic carbocycles. The zero-order chi connectivity index (χ0) is 24.4. The van der Waals surface area contributed by atoms with E-state index in [1.165, 1.54) is 7.17 Å². The summed E-state index contributed by atoms with van der Waals surface area (Å²) in [6, 6.07) is 6.95. The molecule has 0 bridgehead atoms. The Kier molecular flexibility index (Phi) is 11.8. The number of benzene rings is 1. The molecule has 0 aliphatic carbocycles. The summed E-state index contributed by atoms with van der Waals surface area (Å²) in [7, 11) is 6.22. The fourth-order valence-corrected chi connectivity index (χ4v) is 4.26. The van der Waals surface area contributed by atoms with Crippen LogP contribution in [0.4, 0.5) is 0 Å². The van der Waals surface area contributed by atoms with Gasteiger partial charge in [-0.05, 0) is 43.2 Å². The second kappa shape index (κ2) is 13.5. The number of Topliss-reactive ketones (excluding diaryl/α,β-unsaturated/α-hetero) is 1. The predicted octanol–water partition coefficient (Wildman–Crippen LogP) is 3.88. The molecule has 173 valence electrons. The van der Waals surface area contributed by atoms with E-state index in [9.17, 15) is 14.4 Å². The van der Waals surface area contributed by atoms with Crippen molar-refractivity contribution < 1.29 is 14.4 Å². The highest BCUT2D eigenvalue weighted by Crippen LogP contribution is 2.39. The molecule has 7 heteroatoms. The maximum atomic E-state index is 13.5. The molecule has 1 saturated heterocycles. The first-order chi connectivity index (χ1) is 15.2. The molecule has 4 atom stereocenters. The average Bonchev–Trinajstić information content (AvgIpc) is 2.90. The van der Waals surface area contributed by atoms with Crippen molar-refractivity contribution in [3.05, 3.63) is 35.4 Å². The number of hydrogen-bond donors (Lipinski definition) is 1. The number of nitrogens with one attached hydrogen (secondary N) is 1. The van der Waals surface area contributed by atoms with Gasteiger partial charge in [-0.25, -0.2) is 0 Å². The van der Waals surface area contributed by atoms with Crippen LogP contribution in [0.2, 0.25) is 6.82 Å². The summed E-state index contributed by atoms with van der Waals surface area (Å²) in [5, 5.41) is 2.98. The molecule has 0 saturated carbocycles. The van der Waals surface area contributed by atoms with Gasteiger partial charge in [-0.3, -0.25) is 14.4 Å². The Labute approximate surface area is 196 Å². The molecule has 2 heterocycles. The van der Waals surface area contributed by atoms with Crippen molar-refractivity contribution in [3.8, 4) is 0 Å². The number of fused-ring (bicyclic) bond motifs is 3. The van der Waals surface area contributed by atoms with Crippen molar-refractivity contribution in [1.82, 2.24) is 10.2 Å². The van der Waals surface area contributed by atoms with Crippen molar-refractivity contribution in [2.75, 3.05) is 0 Å². The smallest absolute Gasteiger partial charge is 0.246 e. The topological polar surface area (TPSA) is 66.5 Å². The number of rotatable bonds is 4. The van der Waals surface area contributed by atoms with Gasteiger partial charge in [0.1, 0.15) is 6.04 Å². The van der Waals surface area contributed by atoms with Crippen molar-refractivity contribution >= 4 is 32.5 Å². The number of piperidine rings is 1. The lowest BCUT2D eigenvalue weighted by atomic mass is 9.59. The number of carbonyl (C=O) groups excluding carboxylic acids is 3. The van der Waals surface area contributed by atoms with E-state index in [2.05, 4.69) is 11.4 Å². The van der Waals surface area contributed by atoms with Crippen LogP contribution in [0, 0.1) is 11.8 Å². The maximum absolute atomic E-state index is 13.5. The highest BCUT2D eigenvalue weighted by molar-refractivity contribution is 6.88. The van der Waals surface area contributed by atoms with Gasteiger partial charge in [0.15, 0.2) is 5.78 Å². The zero-order valence-electron chi connectivity index (χ0n) is 20.9. The van der Waals surface area contributed by atoms with Crippen LogP contribution in [0.3, 0.4) is 0 Å². The fourth-order valence-electron chi connectivity index (χ4n) is 4.26. The van der Waals surface area contributed by atoms with E-state index in [1.54, 1.807) is 18.6 Å². The zero-order valence-corrected chi connectivity index (χ0v) is 20.9. The van der Waals surface area contributed by atoms with Gasteiger partial charge in [-0.15, -0.1) is 6.82 Å². The van der Waals surface area contributed by atoms with E-state index >= 15 is 0 Å². The molecule has 3 radical (unpaired) electrons. The molecule has 32 heavy (non-hydrogen) atoms. The largest absolute Gasteiger partial charge is 0.344 e.